The van der Waals surface area contributed by atoms with E-state index in [9.17, 15) is 0 Å². The molecule has 2 aromatic heterocycles. The van der Waals surface area contributed by atoms with Crippen LogP contribution in [0.15, 0.2) is 36.4 Å². The summed E-state index contributed by atoms with van der Waals surface area (Å²) in [6.45, 7) is 4.74. The molecule has 1 aromatic carbocycles. The highest BCUT2D eigenvalue weighted by Crippen LogP contribution is 2.35. The molecular formula is C16H15ClN2S. The number of benzene rings is 1. The fourth-order valence-corrected chi connectivity index (χ4v) is 3.67. The van der Waals surface area contributed by atoms with Gasteiger partial charge >= 0.3 is 0 Å². The van der Waals surface area contributed by atoms with Gasteiger partial charge in [-0.25, -0.2) is 0 Å². The minimum atomic E-state index is 0.726. The van der Waals surface area contributed by atoms with E-state index in [0.717, 1.165) is 38.9 Å². The fourth-order valence-electron chi connectivity index (χ4n) is 2.23. The molecule has 0 fully saturated rings. The highest BCUT2D eigenvalue weighted by atomic mass is 35.5. The van der Waals surface area contributed by atoms with Gasteiger partial charge in [0.25, 0.3) is 0 Å². The molecule has 3 aromatic rings. The molecule has 102 valence electrons. The third-order valence-electron chi connectivity index (χ3n) is 3.27. The van der Waals surface area contributed by atoms with E-state index in [1.54, 1.807) is 11.3 Å². The second-order valence-corrected chi connectivity index (χ2v) is 6.29. The summed E-state index contributed by atoms with van der Waals surface area (Å²) >= 11 is 8.18. The van der Waals surface area contributed by atoms with Crippen LogP contribution in [0.3, 0.4) is 0 Å². The van der Waals surface area contributed by atoms with E-state index < -0.39 is 0 Å². The van der Waals surface area contributed by atoms with Crippen LogP contribution in [0, 0.1) is 13.8 Å². The van der Waals surface area contributed by atoms with Gasteiger partial charge < -0.3 is 5.32 Å². The number of halogens is 1. The van der Waals surface area contributed by atoms with Crippen molar-refractivity contribution in [3.8, 4) is 0 Å². The van der Waals surface area contributed by atoms with E-state index in [2.05, 4.69) is 28.5 Å². The molecule has 4 heteroatoms. The molecule has 0 radical (unpaired) electrons. The Morgan fingerprint density at radius 1 is 1.15 bits per heavy atom. The number of fused-ring (bicyclic) bond motifs is 1. The zero-order chi connectivity index (χ0) is 14.1. The largest absolute Gasteiger partial charge is 0.379 e. The van der Waals surface area contributed by atoms with Crippen LogP contribution in [0.1, 0.15) is 16.3 Å². The maximum absolute atomic E-state index is 6.44. The van der Waals surface area contributed by atoms with Crippen LogP contribution in [0.2, 0.25) is 5.02 Å². The summed E-state index contributed by atoms with van der Waals surface area (Å²) < 4.78 is 1.23. The lowest BCUT2D eigenvalue weighted by atomic mass is 10.2. The first-order chi connectivity index (χ1) is 9.65. The number of anilines is 1. The van der Waals surface area contributed by atoms with E-state index in [-0.39, 0.29) is 0 Å². The van der Waals surface area contributed by atoms with E-state index in [4.69, 9.17) is 11.6 Å². The first kappa shape index (κ1) is 13.4. The maximum atomic E-state index is 6.44. The Labute approximate surface area is 127 Å². The summed E-state index contributed by atoms with van der Waals surface area (Å²) in [4.78, 5) is 5.62. The molecule has 0 saturated carbocycles. The van der Waals surface area contributed by atoms with Gasteiger partial charge in [0.1, 0.15) is 0 Å². The van der Waals surface area contributed by atoms with Gasteiger partial charge in [0.15, 0.2) is 0 Å². The Balaban J connectivity index is 1.85. The molecule has 0 aliphatic carbocycles. The van der Waals surface area contributed by atoms with Crippen LogP contribution in [0.5, 0.6) is 0 Å². The van der Waals surface area contributed by atoms with Gasteiger partial charge in [-0.15, -0.1) is 11.3 Å². The standard InChI is InChI=1S/C16H15ClN2S/c1-10-7-8-13(11(2)19-10)18-9-15-16(17)12-5-3-4-6-14(12)20-15/h3-8,18H,9H2,1-2H3. The minimum absolute atomic E-state index is 0.726. The predicted molar refractivity (Wildman–Crippen MR) is 87.9 cm³/mol. The molecule has 0 spiro atoms. The highest BCUT2D eigenvalue weighted by Gasteiger charge is 2.10. The van der Waals surface area contributed by atoms with Crippen LogP contribution >= 0.6 is 22.9 Å². The lowest BCUT2D eigenvalue weighted by molar-refractivity contribution is 1.09. The number of aromatic nitrogens is 1. The van der Waals surface area contributed by atoms with Crippen LogP contribution in [0.25, 0.3) is 10.1 Å². The molecule has 0 aliphatic heterocycles. The topological polar surface area (TPSA) is 24.9 Å². The van der Waals surface area contributed by atoms with Crippen molar-refractivity contribution in [1.82, 2.24) is 4.98 Å². The Hall–Kier alpha value is -1.58. The average molecular weight is 303 g/mol. The van der Waals surface area contributed by atoms with Crippen molar-refractivity contribution < 1.29 is 0 Å². The summed E-state index contributed by atoms with van der Waals surface area (Å²) in [5, 5.41) is 5.41. The molecule has 2 nitrogen and oxygen atoms in total. The lowest BCUT2D eigenvalue weighted by Gasteiger charge is -2.08. The Bertz CT molecular complexity index is 764. The molecule has 0 aliphatic rings. The number of thiophene rings is 1. The molecule has 0 atom stereocenters. The quantitative estimate of drug-likeness (QED) is 0.721. The van der Waals surface area contributed by atoms with Gasteiger partial charge in [-0.1, -0.05) is 29.8 Å². The SMILES string of the molecule is Cc1ccc(NCc2sc3ccccc3c2Cl)c(C)n1. The van der Waals surface area contributed by atoms with Crippen LogP contribution in [0.4, 0.5) is 5.69 Å². The van der Waals surface area contributed by atoms with Gasteiger partial charge in [0.2, 0.25) is 0 Å². The zero-order valence-corrected chi connectivity index (χ0v) is 13.0. The number of nitrogens with zero attached hydrogens (tertiary/aromatic N) is 1. The van der Waals surface area contributed by atoms with E-state index in [0.29, 0.717) is 0 Å². The smallest absolute Gasteiger partial charge is 0.0642 e. The summed E-state index contributed by atoms with van der Waals surface area (Å²) in [7, 11) is 0. The number of aryl methyl sites for hydroxylation is 2. The lowest BCUT2D eigenvalue weighted by Crippen LogP contribution is -2.01. The van der Waals surface area contributed by atoms with Gasteiger partial charge in [-0.05, 0) is 32.0 Å². The Morgan fingerprint density at radius 2 is 1.95 bits per heavy atom. The molecule has 3 rings (SSSR count). The number of hydrogen-bond acceptors (Lipinski definition) is 3. The van der Waals surface area contributed by atoms with E-state index in [1.165, 1.54) is 4.70 Å². The minimum Gasteiger partial charge on any atom is -0.379 e. The third-order valence-corrected chi connectivity index (χ3v) is 4.98. The van der Waals surface area contributed by atoms with Gasteiger partial charge in [-0.3, -0.25) is 4.98 Å². The molecule has 0 bridgehead atoms. The van der Waals surface area contributed by atoms with Gasteiger partial charge in [0.05, 0.1) is 22.9 Å². The fraction of sp³-hybridized carbons (Fsp3) is 0.188. The Morgan fingerprint density at radius 3 is 2.70 bits per heavy atom. The maximum Gasteiger partial charge on any atom is 0.0642 e. The first-order valence-corrected chi connectivity index (χ1v) is 7.68. The number of nitrogens with one attached hydrogen (secondary N) is 1. The number of pyridine rings is 1. The second kappa shape index (κ2) is 5.43. The van der Waals surface area contributed by atoms with Crippen LogP contribution in [-0.4, -0.2) is 4.98 Å². The van der Waals surface area contributed by atoms with Gasteiger partial charge in [0, 0.05) is 20.7 Å². The normalized spacial score (nSPS) is 10.9. The molecule has 2 heterocycles. The van der Waals surface area contributed by atoms with Crippen LogP contribution in [-0.2, 0) is 6.54 Å². The Kier molecular flexibility index (Phi) is 3.64. The molecule has 0 saturated heterocycles. The van der Waals surface area contributed by atoms with Crippen molar-refractivity contribution in [2.45, 2.75) is 20.4 Å². The molecule has 20 heavy (non-hydrogen) atoms. The van der Waals surface area contributed by atoms with Crippen molar-refractivity contribution in [1.29, 1.82) is 0 Å². The molecule has 1 N–H and O–H groups in total. The predicted octanol–water partition coefficient (Wildman–Crippen LogP) is 5.18. The summed E-state index contributed by atoms with van der Waals surface area (Å²) in [5.74, 6) is 0. The van der Waals surface area contributed by atoms with Crippen molar-refractivity contribution >= 4 is 38.7 Å². The molecular weight excluding hydrogens is 288 g/mol. The monoisotopic (exact) mass is 302 g/mol. The summed E-state index contributed by atoms with van der Waals surface area (Å²) in [6, 6.07) is 12.3. The van der Waals surface area contributed by atoms with Crippen molar-refractivity contribution in [3.05, 3.63) is 57.7 Å². The molecule has 0 unspecified atom stereocenters. The van der Waals surface area contributed by atoms with Crippen molar-refractivity contribution in [2.75, 3.05) is 5.32 Å². The van der Waals surface area contributed by atoms with Crippen molar-refractivity contribution in [3.63, 3.8) is 0 Å². The number of rotatable bonds is 3. The molecule has 0 amide bonds. The zero-order valence-electron chi connectivity index (χ0n) is 11.4. The highest BCUT2D eigenvalue weighted by molar-refractivity contribution is 7.19. The average Bonchev–Trinajstić information content (AvgIpc) is 2.75. The van der Waals surface area contributed by atoms with E-state index >= 15 is 0 Å². The third kappa shape index (κ3) is 2.51. The van der Waals surface area contributed by atoms with Crippen molar-refractivity contribution in [2.24, 2.45) is 0 Å². The van der Waals surface area contributed by atoms with Gasteiger partial charge in [-0.2, -0.15) is 0 Å². The first-order valence-electron chi connectivity index (χ1n) is 6.49. The number of hydrogen-bond donors (Lipinski definition) is 1. The van der Waals surface area contributed by atoms with Crippen LogP contribution < -0.4 is 5.32 Å². The van der Waals surface area contributed by atoms with E-state index in [1.807, 2.05) is 32.0 Å². The summed E-state index contributed by atoms with van der Waals surface area (Å²) in [5.41, 5.74) is 3.11. The second-order valence-electron chi connectivity index (χ2n) is 4.77. The summed E-state index contributed by atoms with van der Waals surface area (Å²) in [6.07, 6.45) is 0.